The van der Waals surface area contributed by atoms with Crippen LogP contribution in [0.4, 0.5) is 13.2 Å². The minimum absolute atomic E-state index is 0.428. The first-order valence-corrected chi connectivity index (χ1v) is 7.29. The van der Waals surface area contributed by atoms with Crippen LogP contribution in [0, 0.1) is 11.8 Å². The van der Waals surface area contributed by atoms with Crippen molar-refractivity contribution < 1.29 is 18.3 Å². The summed E-state index contributed by atoms with van der Waals surface area (Å²) in [5.41, 5.74) is -1.32. The third-order valence-electron chi connectivity index (χ3n) is 4.78. The number of halogens is 3. The highest BCUT2D eigenvalue weighted by Crippen LogP contribution is 2.49. The van der Waals surface area contributed by atoms with Crippen molar-refractivity contribution in [2.24, 2.45) is 11.8 Å². The molecule has 0 aliphatic heterocycles. The third kappa shape index (κ3) is 2.71. The van der Waals surface area contributed by atoms with Crippen LogP contribution in [0.2, 0.25) is 0 Å². The zero-order chi connectivity index (χ0) is 14.4. The van der Waals surface area contributed by atoms with Gasteiger partial charge in [0.25, 0.3) is 0 Å². The van der Waals surface area contributed by atoms with Crippen LogP contribution in [0.1, 0.15) is 49.7 Å². The maximum Gasteiger partial charge on any atom is 0.416 e. The van der Waals surface area contributed by atoms with Crippen LogP contribution < -0.4 is 0 Å². The number of rotatable bonds is 2. The van der Waals surface area contributed by atoms with Crippen LogP contribution in [0.5, 0.6) is 0 Å². The molecule has 2 saturated carbocycles. The molecule has 0 amide bonds. The molecular weight excluding hydrogens is 265 g/mol. The second-order valence-corrected chi connectivity index (χ2v) is 6.30. The van der Waals surface area contributed by atoms with E-state index < -0.39 is 17.3 Å². The molecule has 2 unspecified atom stereocenters. The van der Waals surface area contributed by atoms with Gasteiger partial charge in [-0.05, 0) is 68.1 Å². The summed E-state index contributed by atoms with van der Waals surface area (Å²) in [6.07, 6.45) is 1.25. The number of benzene rings is 1. The molecule has 1 aromatic carbocycles. The second-order valence-electron chi connectivity index (χ2n) is 6.30. The number of hydrogen-bond donors (Lipinski definition) is 1. The van der Waals surface area contributed by atoms with E-state index in [2.05, 4.69) is 0 Å². The molecule has 2 aliphatic carbocycles. The van der Waals surface area contributed by atoms with E-state index in [1.165, 1.54) is 18.9 Å². The predicted octanol–water partition coefficient (Wildman–Crippen LogP) is 4.49. The molecule has 1 N–H and O–H groups in total. The van der Waals surface area contributed by atoms with Crippen molar-refractivity contribution in [3.8, 4) is 0 Å². The van der Waals surface area contributed by atoms with Gasteiger partial charge < -0.3 is 5.11 Å². The zero-order valence-electron chi connectivity index (χ0n) is 11.3. The van der Waals surface area contributed by atoms with Gasteiger partial charge in [-0.1, -0.05) is 12.1 Å². The summed E-state index contributed by atoms with van der Waals surface area (Å²) in [7, 11) is 0. The first kappa shape index (κ1) is 13.9. The fraction of sp³-hybridized carbons (Fsp3) is 0.625. The van der Waals surface area contributed by atoms with E-state index in [1.807, 2.05) is 0 Å². The lowest BCUT2D eigenvalue weighted by Crippen LogP contribution is -2.33. The predicted molar refractivity (Wildman–Crippen MR) is 70.0 cm³/mol. The number of aliphatic hydroxyl groups is 1. The van der Waals surface area contributed by atoms with Crippen LogP contribution in [0.25, 0.3) is 0 Å². The van der Waals surface area contributed by atoms with E-state index in [1.54, 1.807) is 6.07 Å². The smallest absolute Gasteiger partial charge is 0.385 e. The molecular formula is C16H19F3O. The Morgan fingerprint density at radius 2 is 1.85 bits per heavy atom. The maximum atomic E-state index is 12.8. The van der Waals surface area contributed by atoms with Gasteiger partial charge in [-0.2, -0.15) is 13.2 Å². The molecule has 2 aliphatic rings. The lowest BCUT2D eigenvalue weighted by molar-refractivity contribution is -0.137. The van der Waals surface area contributed by atoms with Crippen LogP contribution in [0.3, 0.4) is 0 Å². The topological polar surface area (TPSA) is 20.2 Å². The summed E-state index contributed by atoms with van der Waals surface area (Å²) in [4.78, 5) is 0. The summed E-state index contributed by atoms with van der Waals surface area (Å²) in [6, 6.07) is 5.21. The van der Waals surface area contributed by atoms with Gasteiger partial charge in [0, 0.05) is 0 Å². The number of alkyl halides is 3. The Kier molecular flexibility index (Phi) is 3.32. The molecule has 0 spiro atoms. The standard InChI is InChI=1S/C16H19F3O/c17-16(18,19)14-5-1-4-13(9-14)15(20)8-2-3-12(10-15)11-6-7-11/h1,4-5,9,11-12,20H,2-3,6-8,10H2. The SMILES string of the molecule is OC1(c2cccc(C(F)(F)F)c2)CCCC(C2CC2)C1. The Labute approximate surface area is 116 Å². The average molecular weight is 284 g/mol. The van der Waals surface area contributed by atoms with Gasteiger partial charge >= 0.3 is 6.18 Å². The average Bonchev–Trinajstić information content (AvgIpc) is 3.22. The Balaban J connectivity index is 1.86. The molecule has 2 fully saturated rings. The highest BCUT2D eigenvalue weighted by atomic mass is 19.4. The quantitative estimate of drug-likeness (QED) is 0.848. The highest BCUT2D eigenvalue weighted by Gasteiger charge is 2.42. The molecule has 4 heteroatoms. The van der Waals surface area contributed by atoms with Crippen molar-refractivity contribution in [1.29, 1.82) is 0 Å². The Hall–Kier alpha value is -1.03. The van der Waals surface area contributed by atoms with Crippen molar-refractivity contribution in [3.05, 3.63) is 35.4 Å². The van der Waals surface area contributed by atoms with Crippen molar-refractivity contribution in [3.63, 3.8) is 0 Å². The summed E-state index contributed by atoms with van der Waals surface area (Å²) in [5, 5.41) is 10.8. The van der Waals surface area contributed by atoms with Crippen molar-refractivity contribution in [2.75, 3.05) is 0 Å². The normalized spacial score (nSPS) is 31.3. The van der Waals surface area contributed by atoms with Gasteiger partial charge in [-0.3, -0.25) is 0 Å². The monoisotopic (exact) mass is 284 g/mol. The first-order chi connectivity index (χ1) is 9.38. The van der Waals surface area contributed by atoms with Crippen LogP contribution in [-0.2, 0) is 11.8 Å². The second kappa shape index (κ2) is 4.76. The minimum atomic E-state index is -4.35. The number of hydrogen-bond acceptors (Lipinski definition) is 1. The van der Waals surface area contributed by atoms with Crippen molar-refractivity contribution in [2.45, 2.75) is 50.3 Å². The van der Waals surface area contributed by atoms with Crippen LogP contribution in [-0.4, -0.2) is 5.11 Å². The molecule has 0 saturated heterocycles. The fourth-order valence-electron chi connectivity index (χ4n) is 3.51. The zero-order valence-corrected chi connectivity index (χ0v) is 11.3. The van der Waals surface area contributed by atoms with Crippen LogP contribution in [0.15, 0.2) is 24.3 Å². The molecule has 1 nitrogen and oxygen atoms in total. The third-order valence-corrected chi connectivity index (χ3v) is 4.78. The highest BCUT2D eigenvalue weighted by molar-refractivity contribution is 5.30. The summed E-state index contributed by atoms with van der Waals surface area (Å²) < 4.78 is 38.4. The van der Waals surface area contributed by atoms with Gasteiger partial charge in [-0.15, -0.1) is 0 Å². The first-order valence-electron chi connectivity index (χ1n) is 7.29. The molecule has 0 bridgehead atoms. The summed E-state index contributed by atoms with van der Waals surface area (Å²) in [6.45, 7) is 0. The lowest BCUT2D eigenvalue weighted by Gasteiger charge is -2.37. The maximum absolute atomic E-state index is 12.8. The largest absolute Gasteiger partial charge is 0.416 e. The van der Waals surface area contributed by atoms with E-state index in [-0.39, 0.29) is 0 Å². The van der Waals surface area contributed by atoms with Gasteiger partial charge in [0.2, 0.25) is 0 Å². The molecule has 3 rings (SSSR count). The van der Waals surface area contributed by atoms with Gasteiger partial charge in [0.15, 0.2) is 0 Å². The molecule has 0 aromatic heterocycles. The molecule has 110 valence electrons. The van der Waals surface area contributed by atoms with Gasteiger partial charge in [-0.25, -0.2) is 0 Å². The molecule has 1 aromatic rings. The lowest BCUT2D eigenvalue weighted by atomic mass is 9.72. The molecule has 0 heterocycles. The Morgan fingerprint density at radius 1 is 1.10 bits per heavy atom. The molecule has 2 atom stereocenters. The fourth-order valence-corrected chi connectivity index (χ4v) is 3.51. The van der Waals surface area contributed by atoms with E-state index in [4.69, 9.17) is 0 Å². The summed E-state index contributed by atoms with van der Waals surface area (Å²) >= 11 is 0. The summed E-state index contributed by atoms with van der Waals surface area (Å²) in [5.74, 6) is 1.16. The van der Waals surface area contributed by atoms with E-state index in [9.17, 15) is 18.3 Å². The van der Waals surface area contributed by atoms with Crippen molar-refractivity contribution >= 4 is 0 Å². The molecule has 0 radical (unpaired) electrons. The minimum Gasteiger partial charge on any atom is -0.385 e. The van der Waals surface area contributed by atoms with Gasteiger partial charge in [0.05, 0.1) is 11.2 Å². The van der Waals surface area contributed by atoms with E-state index >= 15 is 0 Å². The van der Waals surface area contributed by atoms with E-state index in [0.29, 0.717) is 30.2 Å². The van der Waals surface area contributed by atoms with Crippen LogP contribution >= 0.6 is 0 Å². The Bertz CT molecular complexity index is 493. The van der Waals surface area contributed by atoms with Gasteiger partial charge in [0.1, 0.15) is 0 Å². The molecule has 20 heavy (non-hydrogen) atoms. The van der Waals surface area contributed by atoms with Crippen molar-refractivity contribution in [1.82, 2.24) is 0 Å². The Morgan fingerprint density at radius 3 is 2.50 bits per heavy atom. The van der Waals surface area contributed by atoms with E-state index in [0.717, 1.165) is 25.0 Å².